The summed E-state index contributed by atoms with van der Waals surface area (Å²) in [7, 11) is 0. The topological polar surface area (TPSA) is 45.4 Å². The van der Waals surface area contributed by atoms with Crippen LogP contribution in [-0.2, 0) is 11.4 Å². The summed E-state index contributed by atoms with van der Waals surface area (Å²) in [5.74, 6) is 0. The molecule has 3 nitrogen and oxygen atoms in total. The molecule has 14 heavy (non-hydrogen) atoms. The quantitative estimate of drug-likeness (QED) is 0.538. The largest absolute Gasteiger partial charge is 0.391 e. The van der Waals surface area contributed by atoms with E-state index in [0.29, 0.717) is 18.7 Å². The Morgan fingerprint density at radius 1 is 1.43 bits per heavy atom. The van der Waals surface area contributed by atoms with Crippen LogP contribution in [0, 0.1) is 11.3 Å². The third kappa shape index (κ3) is 3.72. The highest BCUT2D eigenvalue weighted by atomic mass is 16.6. The zero-order chi connectivity index (χ0) is 10.2. The van der Waals surface area contributed by atoms with Crippen molar-refractivity contribution < 1.29 is 4.84 Å². The molecule has 0 aliphatic rings. The Morgan fingerprint density at radius 3 is 2.79 bits per heavy atom. The Balaban J connectivity index is 2.36. The summed E-state index contributed by atoms with van der Waals surface area (Å²) in [6.07, 6.45) is 0.314. The van der Waals surface area contributed by atoms with E-state index in [4.69, 9.17) is 10.1 Å². The number of hydrogen-bond donors (Lipinski definition) is 0. The molecule has 1 aromatic rings. The summed E-state index contributed by atoms with van der Waals surface area (Å²) in [5.41, 5.74) is 1.77. The van der Waals surface area contributed by atoms with Gasteiger partial charge in [-0.1, -0.05) is 35.5 Å². The molecule has 0 saturated carbocycles. The SMILES string of the molecule is CC(CC#N)=NOCc1ccccc1. The highest BCUT2D eigenvalue weighted by molar-refractivity contribution is 5.83. The van der Waals surface area contributed by atoms with Gasteiger partial charge in [-0.05, 0) is 12.5 Å². The number of oxime groups is 1. The fourth-order valence-electron chi connectivity index (χ4n) is 0.938. The maximum Gasteiger partial charge on any atom is 0.142 e. The van der Waals surface area contributed by atoms with Crippen molar-refractivity contribution in [2.24, 2.45) is 5.16 Å². The van der Waals surface area contributed by atoms with E-state index >= 15 is 0 Å². The number of nitrogens with zero attached hydrogens (tertiary/aromatic N) is 2. The van der Waals surface area contributed by atoms with Crippen molar-refractivity contribution in [1.29, 1.82) is 5.26 Å². The lowest BCUT2D eigenvalue weighted by molar-refractivity contribution is 0.130. The van der Waals surface area contributed by atoms with Crippen molar-refractivity contribution in [3.8, 4) is 6.07 Å². The van der Waals surface area contributed by atoms with Crippen molar-refractivity contribution in [2.75, 3.05) is 0 Å². The van der Waals surface area contributed by atoms with Crippen molar-refractivity contribution in [3.05, 3.63) is 35.9 Å². The van der Waals surface area contributed by atoms with Gasteiger partial charge in [-0.3, -0.25) is 0 Å². The minimum Gasteiger partial charge on any atom is -0.391 e. The van der Waals surface area contributed by atoms with Crippen LogP contribution in [0.1, 0.15) is 18.9 Å². The second-order valence-corrected chi connectivity index (χ2v) is 2.92. The van der Waals surface area contributed by atoms with Gasteiger partial charge in [-0.25, -0.2) is 0 Å². The molecular formula is C11H12N2O. The smallest absolute Gasteiger partial charge is 0.142 e. The average molecular weight is 188 g/mol. The maximum atomic E-state index is 8.37. The first-order valence-corrected chi connectivity index (χ1v) is 4.39. The first-order valence-electron chi connectivity index (χ1n) is 4.39. The molecule has 0 radical (unpaired) electrons. The molecule has 1 aromatic carbocycles. The van der Waals surface area contributed by atoms with Crippen LogP contribution in [0.2, 0.25) is 0 Å². The molecule has 0 aliphatic heterocycles. The van der Waals surface area contributed by atoms with Gasteiger partial charge in [-0.2, -0.15) is 5.26 Å². The van der Waals surface area contributed by atoms with Crippen molar-refractivity contribution in [1.82, 2.24) is 0 Å². The lowest BCUT2D eigenvalue weighted by Crippen LogP contribution is -1.92. The Morgan fingerprint density at radius 2 is 2.14 bits per heavy atom. The predicted octanol–water partition coefficient (Wildman–Crippen LogP) is 2.49. The molecule has 1 rings (SSSR count). The second-order valence-electron chi connectivity index (χ2n) is 2.92. The van der Waals surface area contributed by atoms with Crippen LogP contribution in [-0.4, -0.2) is 5.71 Å². The third-order valence-electron chi connectivity index (χ3n) is 1.63. The number of rotatable bonds is 4. The zero-order valence-corrected chi connectivity index (χ0v) is 8.10. The average Bonchev–Trinajstić information content (AvgIpc) is 2.20. The molecule has 0 N–H and O–H groups in total. The van der Waals surface area contributed by atoms with E-state index in [1.54, 1.807) is 6.92 Å². The second kappa shape index (κ2) is 5.76. The molecule has 0 unspecified atom stereocenters. The number of hydrogen-bond acceptors (Lipinski definition) is 3. The molecule has 0 aliphatic carbocycles. The van der Waals surface area contributed by atoms with Gasteiger partial charge in [-0.15, -0.1) is 0 Å². The van der Waals surface area contributed by atoms with Gasteiger partial charge in [0.1, 0.15) is 6.61 Å². The van der Waals surface area contributed by atoms with Crippen LogP contribution in [0.25, 0.3) is 0 Å². The molecule has 0 amide bonds. The third-order valence-corrected chi connectivity index (χ3v) is 1.63. The lowest BCUT2D eigenvalue weighted by atomic mass is 10.2. The van der Waals surface area contributed by atoms with Crippen molar-refractivity contribution >= 4 is 5.71 Å². The van der Waals surface area contributed by atoms with E-state index < -0.39 is 0 Å². The molecular weight excluding hydrogens is 176 g/mol. The molecule has 0 fully saturated rings. The van der Waals surface area contributed by atoms with Crippen LogP contribution >= 0.6 is 0 Å². The molecule has 0 spiro atoms. The van der Waals surface area contributed by atoms with Crippen molar-refractivity contribution in [3.63, 3.8) is 0 Å². The van der Waals surface area contributed by atoms with Gasteiger partial charge in [0.15, 0.2) is 0 Å². The predicted molar refractivity (Wildman–Crippen MR) is 54.6 cm³/mol. The summed E-state index contributed by atoms with van der Waals surface area (Å²) < 4.78 is 0. The zero-order valence-electron chi connectivity index (χ0n) is 8.10. The molecule has 0 saturated heterocycles. The molecule has 0 atom stereocenters. The minimum atomic E-state index is 0.314. The monoisotopic (exact) mass is 188 g/mol. The van der Waals surface area contributed by atoms with Gasteiger partial charge in [0, 0.05) is 0 Å². The van der Waals surface area contributed by atoms with E-state index in [0.717, 1.165) is 5.56 Å². The minimum absolute atomic E-state index is 0.314. The van der Waals surface area contributed by atoms with Gasteiger partial charge in [0.2, 0.25) is 0 Å². The summed E-state index contributed by atoms with van der Waals surface area (Å²) in [5, 5.41) is 12.2. The number of benzene rings is 1. The lowest BCUT2D eigenvalue weighted by Gasteiger charge is -1.99. The van der Waals surface area contributed by atoms with E-state index in [1.807, 2.05) is 36.4 Å². The summed E-state index contributed by atoms with van der Waals surface area (Å²) in [6.45, 7) is 2.22. The first-order chi connectivity index (χ1) is 6.83. The van der Waals surface area contributed by atoms with Gasteiger partial charge in [0.25, 0.3) is 0 Å². The van der Waals surface area contributed by atoms with Crippen LogP contribution in [0.15, 0.2) is 35.5 Å². The molecule has 0 aromatic heterocycles. The van der Waals surface area contributed by atoms with Gasteiger partial charge < -0.3 is 4.84 Å². The van der Waals surface area contributed by atoms with Crippen LogP contribution < -0.4 is 0 Å². The highest BCUT2D eigenvalue weighted by Crippen LogP contribution is 2.00. The van der Waals surface area contributed by atoms with Crippen LogP contribution in [0.4, 0.5) is 0 Å². The summed E-state index contributed by atoms with van der Waals surface area (Å²) in [6, 6.07) is 11.8. The molecule has 0 bridgehead atoms. The fourth-order valence-corrected chi connectivity index (χ4v) is 0.938. The standard InChI is InChI=1S/C11H12N2O/c1-10(7-8-12)13-14-9-11-5-3-2-4-6-11/h2-6H,7,9H2,1H3. The summed E-state index contributed by atoms with van der Waals surface area (Å²) >= 11 is 0. The first kappa shape index (κ1) is 10.3. The summed E-state index contributed by atoms with van der Waals surface area (Å²) in [4.78, 5) is 5.07. The van der Waals surface area contributed by atoms with Crippen LogP contribution in [0.5, 0.6) is 0 Å². The fraction of sp³-hybridized carbons (Fsp3) is 0.273. The van der Waals surface area contributed by atoms with Crippen molar-refractivity contribution in [2.45, 2.75) is 20.0 Å². The van der Waals surface area contributed by atoms with E-state index in [1.165, 1.54) is 0 Å². The van der Waals surface area contributed by atoms with Gasteiger partial charge in [0.05, 0.1) is 18.2 Å². The van der Waals surface area contributed by atoms with E-state index in [2.05, 4.69) is 5.16 Å². The Kier molecular flexibility index (Phi) is 4.22. The Labute approximate surface area is 83.6 Å². The molecule has 3 heteroatoms. The highest BCUT2D eigenvalue weighted by Gasteiger charge is 1.92. The van der Waals surface area contributed by atoms with Gasteiger partial charge >= 0.3 is 0 Å². The molecule has 72 valence electrons. The van der Waals surface area contributed by atoms with Crippen LogP contribution in [0.3, 0.4) is 0 Å². The maximum absolute atomic E-state index is 8.37. The van der Waals surface area contributed by atoms with E-state index in [9.17, 15) is 0 Å². The number of nitriles is 1. The van der Waals surface area contributed by atoms with E-state index in [-0.39, 0.29) is 0 Å². The Bertz CT molecular complexity index is 338. The molecule has 0 heterocycles. The normalized spacial score (nSPS) is 10.7. The Hall–Kier alpha value is -1.82.